The van der Waals surface area contributed by atoms with E-state index in [1.54, 1.807) is 48.9 Å². The van der Waals surface area contributed by atoms with Crippen LogP contribution in [-0.4, -0.2) is 67.4 Å². The van der Waals surface area contributed by atoms with Crippen LogP contribution in [0.4, 0.5) is 0 Å². The van der Waals surface area contributed by atoms with E-state index >= 15 is 0 Å². The molecule has 13 heteroatoms. The smallest absolute Gasteiger partial charge is 0.459 e. The number of allylic oxidation sites excluding steroid dienone is 1. The molecular formula is C25H27N2O10P. The highest BCUT2D eigenvalue weighted by Crippen LogP contribution is 2.44. The molecule has 3 aromatic rings. The summed E-state index contributed by atoms with van der Waals surface area (Å²) >= 11 is 0. The number of rotatable bonds is 8. The summed E-state index contributed by atoms with van der Waals surface area (Å²) in [5, 5.41) is 11.9. The number of pyridine rings is 1. The van der Waals surface area contributed by atoms with Crippen molar-refractivity contribution in [3.63, 3.8) is 0 Å². The molecule has 1 fully saturated rings. The minimum atomic E-state index is -5.21. The van der Waals surface area contributed by atoms with Crippen molar-refractivity contribution in [2.75, 3.05) is 6.61 Å². The van der Waals surface area contributed by atoms with Crippen LogP contribution in [0.3, 0.4) is 0 Å². The molecule has 202 valence electrons. The highest BCUT2D eigenvalue weighted by molar-refractivity contribution is 7.46. The second-order valence-corrected chi connectivity index (χ2v) is 9.77. The first-order valence-electron chi connectivity index (χ1n) is 11.6. The van der Waals surface area contributed by atoms with E-state index in [2.05, 4.69) is 4.98 Å². The topological polar surface area (TPSA) is 167 Å². The zero-order valence-corrected chi connectivity index (χ0v) is 21.4. The molecule has 0 saturated carbocycles. The number of aromatic nitrogens is 2. The number of phosphoric ester groups is 1. The molecule has 2 aromatic heterocycles. The molecule has 1 saturated heterocycles. The van der Waals surface area contributed by atoms with E-state index in [0.717, 1.165) is 5.39 Å². The van der Waals surface area contributed by atoms with Crippen LogP contribution >= 0.6 is 7.82 Å². The van der Waals surface area contributed by atoms with E-state index in [1.807, 2.05) is 12.1 Å². The predicted molar refractivity (Wildman–Crippen MR) is 133 cm³/mol. The van der Waals surface area contributed by atoms with Gasteiger partial charge in [0.25, 0.3) is 0 Å². The van der Waals surface area contributed by atoms with E-state index in [0.29, 0.717) is 11.1 Å². The SMILES string of the molecule is C/C=C(\C)C(=O)OC[C@H]1O[C@@H](n2ccc3ccccc32)[C@H](OC(=O)c2cccnc2)[C@@H](OP(=O)(O)O)[C@@H]1O. The summed E-state index contributed by atoms with van der Waals surface area (Å²) in [4.78, 5) is 48.4. The average Bonchev–Trinajstić information content (AvgIpc) is 3.33. The second kappa shape index (κ2) is 11.6. The summed E-state index contributed by atoms with van der Waals surface area (Å²) in [6, 6.07) is 11.9. The fourth-order valence-electron chi connectivity index (χ4n) is 4.06. The van der Waals surface area contributed by atoms with Crippen LogP contribution in [0, 0.1) is 0 Å². The van der Waals surface area contributed by atoms with Crippen molar-refractivity contribution in [2.45, 2.75) is 44.5 Å². The van der Waals surface area contributed by atoms with Crippen molar-refractivity contribution in [2.24, 2.45) is 0 Å². The Bertz CT molecular complexity index is 1370. The maximum atomic E-state index is 13.0. The van der Waals surface area contributed by atoms with Crippen LogP contribution in [0.1, 0.15) is 30.4 Å². The van der Waals surface area contributed by atoms with E-state index in [1.165, 1.54) is 24.5 Å². The maximum Gasteiger partial charge on any atom is 0.470 e. The van der Waals surface area contributed by atoms with Crippen molar-refractivity contribution < 1.29 is 47.8 Å². The molecule has 0 bridgehead atoms. The van der Waals surface area contributed by atoms with Crippen molar-refractivity contribution in [1.29, 1.82) is 0 Å². The highest BCUT2D eigenvalue weighted by Gasteiger charge is 2.52. The van der Waals surface area contributed by atoms with Gasteiger partial charge in [0.05, 0.1) is 11.1 Å². The van der Waals surface area contributed by atoms with Gasteiger partial charge in [0.15, 0.2) is 12.3 Å². The number of esters is 2. The first-order chi connectivity index (χ1) is 18.1. The summed E-state index contributed by atoms with van der Waals surface area (Å²) in [6.07, 6.45) is -1.68. The number of fused-ring (bicyclic) bond motifs is 1. The summed E-state index contributed by atoms with van der Waals surface area (Å²) in [7, 11) is -5.21. The molecule has 0 amide bonds. The number of carbonyl (C=O) groups is 2. The number of aliphatic hydroxyl groups is 1. The molecule has 3 N–H and O–H groups in total. The van der Waals surface area contributed by atoms with Gasteiger partial charge in [0.1, 0.15) is 24.9 Å². The Hall–Kier alpha value is -3.38. The Morgan fingerprint density at radius 1 is 1.16 bits per heavy atom. The third-order valence-electron chi connectivity index (χ3n) is 6.07. The van der Waals surface area contributed by atoms with Crippen molar-refractivity contribution in [1.82, 2.24) is 9.55 Å². The Morgan fingerprint density at radius 2 is 1.92 bits per heavy atom. The molecular weight excluding hydrogens is 519 g/mol. The summed E-state index contributed by atoms with van der Waals surface area (Å²) in [5.41, 5.74) is 1.02. The number of benzene rings is 1. The van der Waals surface area contributed by atoms with Gasteiger partial charge in [-0.3, -0.25) is 9.51 Å². The Morgan fingerprint density at radius 3 is 2.61 bits per heavy atom. The first-order valence-corrected chi connectivity index (χ1v) is 13.2. The lowest BCUT2D eigenvalue weighted by molar-refractivity contribution is -0.248. The van der Waals surface area contributed by atoms with Gasteiger partial charge in [-0.25, -0.2) is 14.2 Å². The molecule has 0 spiro atoms. The number of aliphatic hydroxyl groups excluding tert-OH is 1. The second-order valence-electron chi connectivity index (χ2n) is 8.58. The number of hydrogen-bond donors (Lipinski definition) is 3. The van der Waals surface area contributed by atoms with Crippen LogP contribution < -0.4 is 0 Å². The molecule has 1 aliphatic rings. The third-order valence-corrected chi connectivity index (χ3v) is 6.59. The minimum absolute atomic E-state index is 0.0610. The molecule has 4 rings (SSSR count). The van der Waals surface area contributed by atoms with Crippen molar-refractivity contribution >= 4 is 30.7 Å². The Labute approximate surface area is 217 Å². The normalized spacial score (nSPS) is 24.2. The van der Waals surface area contributed by atoms with Gasteiger partial charge in [-0.15, -0.1) is 0 Å². The van der Waals surface area contributed by atoms with Gasteiger partial charge >= 0.3 is 19.8 Å². The quantitative estimate of drug-likeness (QED) is 0.216. The van der Waals surface area contributed by atoms with E-state index in [-0.39, 0.29) is 5.56 Å². The van der Waals surface area contributed by atoms with Gasteiger partial charge in [-0.2, -0.15) is 0 Å². The van der Waals surface area contributed by atoms with Gasteiger partial charge in [-0.05, 0) is 43.5 Å². The molecule has 0 unspecified atom stereocenters. The van der Waals surface area contributed by atoms with Crippen LogP contribution in [0.2, 0.25) is 0 Å². The number of phosphoric acid groups is 1. The molecule has 0 aliphatic carbocycles. The molecule has 3 heterocycles. The zero-order chi connectivity index (χ0) is 27.4. The summed E-state index contributed by atoms with van der Waals surface area (Å²) < 4.78 is 35.5. The van der Waals surface area contributed by atoms with Gasteiger partial charge in [0.2, 0.25) is 0 Å². The lowest BCUT2D eigenvalue weighted by Crippen LogP contribution is -2.58. The number of hydrogen-bond acceptors (Lipinski definition) is 9. The van der Waals surface area contributed by atoms with Crippen LogP contribution in [0.25, 0.3) is 10.9 Å². The molecule has 0 radical (unpaired) electrons. The first kappa shape index (κ1) is 27.6. The van der Waals surface area contributed by atoms with E-state index in [4.69, 9.17) is 18.7 Å². The number of carbonyl (C=O) groups excluding carboxylic acids is 2. The Kier molecular flexibility index (Phi) is 8.41. The van der Waals surface area contributed by atoms with Crippen LogP contribution in [0.15, 0.2) is 72.7 Å². The molecule has 12 nitrogen and oxygen atoms in total. The van der Waals surface area contributed by atoms with Crippen LogP contribution in [0.5, 0.6) is 0 Å². The van der Waals surface area contributed by atoms with Gasteiger partial charge in [0, 0.05) is 24.2 Å². The van der Waals surface area contributed by atoms with Crippen molar-refractivity contribution in [3.8, 4) is 0 Å². The third kappa shape index (κ3) is 6.18. The molecule has 1 aromatic carbocycles. The van der Waals surface area contributed by atoms with Gasteiger partial charge < -0.3 is 33.7 Å². The Balaban J connectivity index is 1.75. The summed E-state index contributed by atoms with van der Waals surface area (Å²) in [5.74, 6) is -1.54. The van der Waals surface area contributed by atoms with Gasteiger partial charge in [-0.1, -0.05) is 24.3 Å². The fourth-order valence-corrected chi connectivity index (χ4v) is 4.63. The standard InChI is InChI=1S/C25H27N2O10P/c1-3-15(2)24(29)34-14-19-20(28)21(37-38(31,32)33)22(36-25(30)17-8-6-11-26-13-17)23(35-19)27-12-10-16-7-4-5-9-18(16)27/h3-13,19-23,28H,14H2,1-2H3,(H2,31,32,33)/b15-3+/t19-,20-,21+,22-,23-/m1/s1. The van der Waals surface area contributed by atoms with Crippen molar-refractivity contribution in [3.05, 3.63) is 78.3 Å². The average molecular weight is 546 g/mol. The monoisotopic (exact) mass is 546 g/mol. The lowest BCUT2D eigenvalue weighted by Gasteiger charge is -2.44. The number of para-hydroxylation sites is 1. The molecule has 38 heavy (non-hydrogen) atoms. The number of ether oxygens (including phenoxy) is 3. The summed E-state index contributed by atoms with van der Waals surface area (Å²) in [6.45, 7) is 2.73. The minimum Gasteiger partial charge on any atom is -0.459 e. The zero-order valence-electron chi connectivity index (χ0n) is 20.5. The molecule has 5 atom stereocenters. The number of nitrogens with zero attached hydrogens (tertiary/aromatic N) is 2. The van der Waals surface area contributed by atoms with E-state index < -0.39 is 57.0 Å². The van der Waals surface area contributed by atoms with Crippen LogP contribution in [-0.2, 0) is 28.1 Å². The maximum absolute atomic E-state index is 13.0. The molecule has 1 aliphatic heterocycles. The lowest BCUT2D eigenvalue weighted by atomic mass is 9.97. The predicted octanol–water partition coefficient (Wildman–Crippen LogP) is 2.51. The van der Waals surface area contributed by atoms with E-state index in [9.17, 15) is 29.0 Å². The fraction of sp³-hybridized carbons (Fsp3) is 0.320. The largest absolute Gasteiger partial charge is 0.470 e. The highest BCUT2D eigenvalue weighted by atomic mass is 31.2.